The van der Waals surface area contributed by atoms with Crippen LogP contribution in [0.15, 0.2) is 46.2 Å². The van der Waals surface area contributed by atoms with Gasteiger partial charge in [-0.1, -0.05) is 0 Å². The lowest BCUT2D eigenvalue weighted by Gasteiger charge is -2.35. The third kappa shape index (κ3) is 7.55. The number of carboxylic acids is 1. The van der Waals surface area contributed by atoms with Crippen molar-refractivity contribution in [1.29, 1.82) is 0 Å². The number of alkyl halides is 4. The molecule has 0 radical (unpaired) electrons. The lowest BCUT2D eigenvalue weighted by molar-refractivity contribution is -0.148. The van der Waals surface area contributed by atoms with E-state index < -0.39 is 29.0 Å². The minimum atomic E-state index is -2.84. The predicted octanol–water partition coefficient (Wildman–Crippen LogP) is 8.10. The van der Waals surface area contributed by atoms with E-state index in [1.807, 2.05) is 22.3 Å². The van der Waals surface area contributed by atoms with Gasteiger partial charge in [0, 0.05) is 42.8 Å². The fourth-order valence-corrected chi connectivity index (χ4v) is 6.90. The largest absolute Gasteiger partial charge is 0.491 e. The predicted molar refractivity (Wildman–Crippen MR) is 148 cm³/mol. The van der Waals surface area contributed by atoms with Crippen molar-refractivity contribution in [3.05, 3.63) is 42.2 Å². The highest BCUT2D eigenvalue weighted by molar-refractivity contribution is 8.00. The number of benzene rings is 2. The quantitative estimate of drug-likeness (QED) is 0.217. The van der Waals surface area contributed by atoms with Crippen LogP contribution in [0.4, 0.5) is 33.3 Å². The van der Waals surface area contributed by atoms with Crippen molar-refractivity contribution in [2.45, 2.75) is 79.4 Å². The van der Waals surface area contributed by atoms with E-state index in [0.29, 0.717) is 33.5 Å². The van der Waals surface area contributed by atoms with Crippen molar-refractivity contribution in [3.8, 4) is 5.75 Å². The van der Waals surface area contributed by atoms with Gasteiger partial charge < -0.3 is 14.7 Å². The molecule has 0 spiro atoms. The van der Waals surface area contributed by atoms with Gasteiger partial charge in [-0.05, 0) is 82.6 Å². The number of hydrogen-bond acceptors (Lipinski definition) is 6. The normalized spacial score (nSPS) is 20.0. The molecule has 1 aliphatic heterocycles. The molecule has 0 amide bonds. The number of nitrogens with zero attached hydrogens (tertiary/aromatic N) is 2. The number of halogens is 5. The van der Waals surface area contributed by atoms with Crippen molar-refractivity contribution in [2.24, 2.45) is 5.41 Å². The van der Waals surface area contributed by atoms with E-state index in [9.17, 15) is 31.9 Å². The van der Waals surface area contributed by atoms with Crippen molar-refractivity contribution in [3.63, 3.8) is 0 Å². The van der Waals surface area contributed by atoms with Crippen molar-refractivity contribution in [1.82, 2.24) is 4.31 Å². The summed E-state index contributed by atoms with van der Waals surface area (Å²) in [6.45, 7) is 4.14. The Morgan fingerprint density at radius 2 is 1.82 bits per heavy atom. The molecule has 1 fully saturated rings. The molecular weight excluding hydrogens is 571 g/mol. The topological polar surface area (TPSA) is 53.0 Å². The van der Waals surface area contributed by atoms with Crippen molar-refractivity contribution in [2.75, 3.05) is 25.1 Å². The molecule has 1 atom stereocenters. The molecular formula is C28H33F5N2O3S2. The Labute approximate surface area is 239 Å². The Hall–Kier alpha value is -2.18. The summed E-state index contributed by atoms with van der Waals surface area (Å²) in [5.74, 6) is -6.64. The lowest BCUT2D eigenvalue weighted by atomic mass is 9.94. The highest BCUT2D eigenvalue weighted by Gasteiger charge is 2.46. The van der Waals surface area contributed by atoms with Crippen LogP contribution in [0, 0.1) is 11.2 Å². The Bertz CT molecular complexity index is 1220. The molecule has 4 rings (SSSR count). The van der Waals surface area contributed by atoms with Crippen LogP contribution in [0.1, 0.15) is 46.5 Å². The third-order valence-corrected chi connectivity index (χ3v) is 9.38. The van der Waals surface area contributed by atoms with Gasteiger partial charge in [-0.2, -0.15) is 0 Å². The summed E-state index contributed by atoms with van der Waals surface area (Å²) < 4.78 is 76.6. The van der Waals surface area contributed by atoms with Gasteiger partial charge in [-0.15, -0.1) is 11.8 Å². The van der Waals surface area contributed by atoms with Crippen LogP contribution in [0.5, 0.6) is 5.75 Å². The van der Waals surface area contributed by atoms with Crippen LogP contribution in [0.2, 0.25) is 0 Å². The number of anilines is 2. The van der Waals surface area contributed by atoms with Crippen LogP contribution < -0.4 is 9.64 Å². The maximum atomic E-state index is 13.8. The van der Waals surface area contributed by atoms with Gasteiger partial charge in [0.05, 0.1) is 20.9 Å². The van der Waals surface area contributed by atoms with Gasteiger partial charge in [0.25, 0.3) is 0 Å². The molecule has 0 aromatic heterocycles. The molecule has 1 heterocycles. The monoisotopic (exact) mass is 604 g/mol. The van der Waals surface area contributed by atoms with Crippen molar-refractivity contribution < 1.29 is 36.6 Å². The molecule has 1 aliphatic carbocycles. The maximum Gasteiger partial charge on any atom is 0.312 e. The molecule has 2 aliphatic rings. The lowest BCUT2D eigenvalue weighted by Crippen LogP contribution is -2.37. The molecule has 12 heteroatoms. The summed E-state index contributed by atoms with van der Waals surface area (Å²) in [6, 6.07) is 9.14. The molecule has 2 aromatic rings. The SMILES string of the molecule is CN1Sc2cc(OCC(C)(C)C(=O)O)c(SC3CC(F)(F)C3)cc2N(c2ccc(F)cc2)CC1CCC(C)(F)F. The number of likely N-dealkylation sites (N-methyl/N-ethyl adjacent to an activating group) is 1. The standard InChI is InChI=1S/C28H33F5N2O3S2/c1-26(2,25(36)37)16-38-22-12-23-21(11-24(22)39-20-13-28(32,33)14-20)35(18-7-5-17(29)6-8-18)15-19(34(4)40-23)9-10-27(3,30)31/h5-8,11-12,19-20H,9-10,13-16H2,1-4H3,(H,36,37). The van der Waals surface area contributed by atoms with Crippen LogP contribution >= 0.6 is 23.7 Å². The summed E-state index contributed by atoms with van der Waals surface area (Å²) in [7, 11) is 1.81. The third-order valence-electron chi connectivity index (χ3n) is 7.03. The minimum Gasteiger partial charge on any atom is -0.491 e. The molecule has 0 saturated heterocycles. The van der Waals surface area contributed by atoms with E-state index >= 15 is 0 Å². The summed E-state index contributed by atoms with van der Waals surface area (Å²) in [6.07, 6.45) is -0.665. The van der Waals surface area contributed by atoms with Crippen LogP contribution in [0.3, 0.4) is 0 Å². The zero-order valence-corrected chi connectivity index (χ0v) is 24.4. The number of ether oxygens (including phenoxy) is 1. The van der Waals surface area contributed by atoms with Gasteiger partial charge in [0.1, 0.15) is 18.2 Å². The Balaban J connectivity index is 1.75. The van der Waals surface area contributed by atoms with E-state index in [1.165, 1.54) is 49.7 Å². The van der Waals surface area contributed by atoms with Gasteiger partial charge >= 0.3 is 5.97 Å². The van der Waals surface area contributed by atoms with Gasteiger partial charge in [-0.3, -0.25) is 4.79 Å². The van der Waals surface area contributed by atoms with E-state index in [2.05, 4.69) is 0 Å². The number of carbonyl (C=O) groups is 1. The van der Waals surface area contributed by atoms with Gasteiger partial charge in [0.15, 0.2) is 0 Å². The van der Waals surface area contributed by atoms with Gasteiger partial charge in [-0.25, -0.2) is 26.3 Å². The highest BCUT2D eigenvalue weighted by Crippen LogP contribution is 2.52. The first-order valence-electron chi connectivity index (χ1n) is 12.9. The van der Waals surface area contributed by atoms with E-state index in [4.69, 9.17) is 4.74 Å². The second-order valence-electron chi connectivity index (χ2n) is 11.2. The zero-order chi connectivity index (χ0) is 29.5. The molecule has 2 aromatic carbocycles. The first-order valence-corrected chi connectivity index (χ1v) is 14.6. The smallest absolute Gasteiger partial charge is 0.312 e. The number of rotatable bonds is 10. The number of fused-ring (bicyclic) bond motifs is 1. The first-order chi connectivity index (χ1) is 18.5. The van der Waals surface area contributed by atoms with E-state index in [-0.39, 0.29) is 43.6 Å². The average molecular weight is 605 g/mol. The fraction of sp³-hybridized carbons (Fsp3) is 0.536. The Morgan fingerprint density at radius 3 is 2.40 bits per heavy atom. The van der Waals surface area contributed by atoms with E-state index in [1.54, 1.807) is 18.2 Å². The second-order valence-corrected chi connectivity index (χ2v) is 13.8. The van der Waals surface area contributed by atoms with Crippen molar-refractivity contribution >= 4 is 41.1 Å². The summed E-state index contributed by atoms with van der Waals surface area (Å²) in [4.78, 5) is 14.9. The summed E-state index contributed by atoms with van der Waals surface area (Å²) >= 11 is 2.59. The van der Waals surface area contributed by atoms with Crippen LogP contribution in [-0.4, -0.2) is 58.7 Å². The summed E-state index contributed by atoms with van der Waals surface area (Å²) in [5, 5.41) is 9.21. The second kappa shape index (κ2) is 11.6. The fourth-order valence-electron chi connectivity index (χ4n) is 4.42. The number of aliphatic carboxylic acids is 1. The Morgan fingerprint density at radius 1 is 1.18 bits per heavy atom. The molecule has 1 saturated carbocycles. The molecule has 5 nitrogen and oxygen atoms in total. The molecule has 1 N–H and O–H groups in total. The zero-order valence-electron chi connectivity index (χ0n) is 22.7. The summed E-state index contributed by atoms with van der Waals surface area (Å²) in [5.41, 5.74) is 0.157. The molecule has 220 valence electrons. The van der Waals surface area contributed by atoms with Crippen LogP contribution in [0.25, 0.3) is 0 Å². The maximum absolute atomic E-state index is 13.8. The first kappa shape index (κ1) is 30.8. The van der Waals surface area contributed by atoms with Gasteiger partial charge in [0.2, 0.25) is 11.8 Å². The minimum absolute atomic E-state index is 0.147. The number of carboxylic acid groups (broad SMARTS) is 1. The molecule has 0 bridgehead atoms. The number of hydrogen-bond donors (Lipinski definition) is 1. The molecule has 40 heavy (non-hydrogen) atoms. The van der Waals surface area contributed by atoms with E-state index in [0.717, 1.165) is 6.92 Å². The van der Waals surface area contributed by atoms with Crippen LogP contribution in [-0.2, 0) is 4.79 Å². The Kier molecular flexibility index (Phi) is 8.92. The average Bonchev–Trinajstić information content (AvgIpc) is 2.96. The number of thioether (sulfide) groups is 1. The molecule has 1 unspecified atom stereocenters. The highest BCUT2D eigenvalue weighted by atomic mass is 32.2.